The van der Waals surface area contributed by atoms with Crippen molar-refractivity contribution in [2.24, 2.45) is 5.41 Å². The molecule has 1 fully saturated rings. The van der Waals surface area contributed by atoms with E-state index in [1.54, 1.807) is 0 Å². The predicted molar refractivity (Wildman–Crippen MR) is 54.0 cm³/mol. The number of nitrogens with zero attached hydrogens (tertiary/aromatic N) is 1. The van der Waals surface area contributed by atoms with Crippen molar-refractivity contribution >= 4 is 6.29 Å². The van der Waals surface area contributed by atoms with Gasteiger partial charge in [0.05, 0.1) is 0 Å². The summed E-state index contributed by atoms with van der Waals surface area (Å²) >= 11 is 0. The topological polar surface area (TPSA) is 60.2 Å². The maximum atomic E-state index is 10.9. The van der Waals surface area contributed by atoms with Crippen LogP contribution in [0.3, 0.4) is 0 Å². The molecule has 1 aromatic carbocycles. The molecule has 1 aromatic rings. The lowest BCUT2D eigenvalue weighted by molar-refractivity contribution is -0.500. The second kappa shape index (κ2) is 3.46. The van der Waals surface area contributed by atoms with Crippen LogP contribution in [0.5, 0.6) is 0 Å². The van der Waals surface area contributed by atoms with Gasteiger partial charge in [-0.25, -0.2) is 0 Å². The molecule has 0 amide bonds. The van der Waals surface area contributed by atoms with Gasteiger partial charge in [0.15, 0.2) is 0 Å². The zero-order valence-electron chi connectivity index (χ0n) is 8.13. The van der Waals surface area contributed by atoms with Gasteiger partial charge in [0.2, 0.25) is 6.04 Å². The van der Waals surface area contributed by atoms with Gasteiger partial charge in [0.25, 0.3) is 0 Å². The largest absolute Gasteiger partial charge is 0.302 e. The molecule has 0 aromatic heterocycles. The second-order valence-corrected chi connectivity index (χ2v) is 4.02. The Bertz CT molecular complexity index is 390. The summed E-state index contributed by atoms with van der Waals surface area (Å²) in [6.07, 6.45) is 1.59. The Morgan fingerprint density at radius 3 is 2.60 bits per heavy atom. The van der Waals surface area contributed by atoms with E-state index >= 15 is 0 Å². The standard InChI is InChI=1S/C11H11NO3/c13-8-11(7-10(11)12(14)15)6-9-4-2-1-3-5-9/h1-5,8,10H,6-7H2/t10-,11-/m1/s1. The van der Waals surface area contributed by atoms with Gasteiger partial charge in [-0.3, -0.25) is 10.1 Å². The molecule has 2 atom stereocenters. The van der Waals surface area contributed by atoms with Crippen LogP contribution in [0.25, 0.3) is 0 Å². The van der Waals surface area contributed by atoms with Crippen molar-refractivity contribution in [3.63, 3.8) is 0 Å². The molecule has 0 saturated heterocycles. The van der Waals surface area contributed by atoms with E-state index in [1.165, 1.54) is 0 Å². The van der Waals surface area contributed by atoms with Gasteiger partial charge >= 0.3 is 0 Å². The molecule has 0 bridgehead atoms. The molecule has 0 N–H and O–H groups in total. The van der Waals surface area contributed by atoms with E-state index < -0.39 is 11.5 Å². The molecule has 15 heavy (non-hydrogen) atoms. The molecule has 0 radical (unpaired) electrons. The molecule has 0 heterocycles. The molecule has 0 spiro atoms. The maximum Gasteiger partial charge on any atom is 0.227 e. The summed E-state index contributed by atoms with van der Waals surface area (Å²) in [6, 6.07) is 8.72. The van der Waals surface area contributed by atoms with Crippen LogP contribution in [-0.4, -0.2) is 17.3 Å². The first-order chi connectivity index (χ1) is 7.18. The first-order valence-electron chi connectivity index (χ1n) is 4.82. The van der Waals surface area contributed by atoms with Crippen LogP contribution in [0, 0.1) is 15.5 Å². The van der Waals surface area contributed by atoms with Crippen LogP contribution < -0.4 is 0 Å². The first-order valence-corrected chi connectivity index (χ1v) is 4.82. The van der Waals surface area contributed by atoms with Gasteiger partial charge < -0.3 is 4.79 Å². The fraction of sp³-hybridized carbons (Fsp3) is 0.364. The van der Waals surface area contributed by atoms with E-state index in [4.69, 9.17) is 0 Å². The van der Waals surface area contributed by atoms with Crippen LogP contribution in [0.2, 0.25) is 0 Å². The molecule has 78 valence electrons. The van der Waals surface area contributed by atoms with Gasteiger partial charge in [-0.1, -0.05) is 30.3 Å². The Hall–Kier alpha value is -1.71. The van der Waals surface area contributed by atoms with E-state index in [0.717, 1.165) is 11.8 Å². The molecule has 1 saturated carbocycles. The van der Waals surface area contributed by atoms with Crippen LogP contribution >= 0.6 is 0 Å². The number of carbonyl (C=O) groups excluding carboxylic acids is 1. The van der Waals surface area contributed by atoms with Crippen molar-refractivity contribution in [3.8, 4) is 0 Å². The zero-order chi connectivity index (χ0) is 10.9. The van der Waals surface area contributed by atoms with Gasteiger partial charge in [-0.2, -0.15) is 0 Å². The Morgan fingerprint density at radius 2 is 2.13 bits per heavy atom. The Balaban J connectivity index is 2.12. The molecule has 4 nitrogen and oxygen atoms in total. The summed E-state index contributed by atoms with van der Waals surface area (Å²) in [4.78, 5) is 21.1. The molecule has 1 aliphatic rings. The van der Waals surface area contributed by atoms with Crippen molar-refractivity contribution < 1.29 is 9.72 Å². The third-order valence-corrected chi connectivity index (χ3v) is 2.94. The highest BCUT2D eigenvalue weighted by Crippen LogP contribution is 2.48. The van der Waals surface area contributed by atoms with Crippen LogP contribution in [-0.2, 0) is 11.2 Å². The smallest absolute Gasteiger partial charge is 0.227 e. The Kier molecular flexibility index (Phi) is 2.26. The highest BCUT2D eigenvalue weighted by molar-refractivity contribution is 5.66. The minimum atomic E-state index is -0.745. The van der Waals surface area contributed by atoms with E-state index in [0.29, 0.717) is 12.8 Å². The van der Waals surface area contributed by atoms with Crippen LogP contribution in [0.4, 0.5) is 0 Å². The number of aldehydes is 1. The van der Waals surface area contributed by atoms with E-state index in [1.807, 2.05) is 30.3 Å². The van der Waals surface area contributed by atoms with Crippen molar-refractivity contribution in [3.05, 3.63) is 46.0 Å². The van der Waals surface area contributed by atoms with E-state index in [9.17, 15) is 14.9 Å². The fourth-order valence-electron chi connectivity index (χ4n) is 1.92. The lowest BCUT2D eigenvalue weighted by atomic mass is 9.97. The van der Waals surface area contributed by atoms with E-state index in [2.05, 4.69) is 0 Å². The number of hydrogen-bond donors (Lipinski definition) is 0. The minimum Gasteiger partial charge on any atom is -0.302 e. The number of carbonyl (C=O) groups is 1. The van der Waals surface area contributed by atoms with E-state index in [-0.39, 0.29) is 4.92 Å². The summed E-state index contributed by atoms with van der Waals surface area (Å²) < 4.78 is 0. The summed E-state index contributed by atoms with van der Waals surface area (Å²) in [5, 5.41) is 10.6. The molecule has 4 heteroatoms. The van der Waals surface area contributed by atoms with Crippen molar-refractivity contribution in [1.29, 1.82) is 0 Å². The average molecular weight is 205 g/mol. The molecule has 0 unspecified atom stereocenters. The normalized spacial score (nSPS) is 28.4. The Morgan fingerprint density at radius 1 is 1.47 bits per heavy atom. The quantitative estimate of drug-likeness (QED) is 0.424. The third kappa shape index (κ3) is 1.75. The van der Waals surface area contributed by atoms with Crippen LogP contribution in [0.1, 0.15) is 12.0 Å². The lowest BCUT2D eigenvalue weighted by Crippen LogP contribution is -2.18. The molecule has 2 rings (SSSR count). The summed E-state index contributed by atoms with van der Waals surface area (Å²) in [5.41, 5.74) is 0.235. The lowest BCUT2D eigenvalue weighted by Gasteiger charge is -2.05. The summed E-state index contributed by atoms with van der Waals surface area (Å²) in [5.74, 6) is 0. The number of benzene rings is 1. The molecule has 0 aliphatic heterocycles. The van der Waals surface area contributed by atoms with Crippen molar-refractivity contribution in [2.45, 2.75) is 18.9 Å². The van der Waals surface area contributed by atoms with Gasteiger partial charge in [-0.05, 0) is 12.0 Å². The summed E-state index contributed by atoms with van der Waals surface area (Å²) in [7, 11) is 0. The Labute approximate surface area is 87.1 Å². The molecular formula is C11H11NO3. The first kappa shape index (κ1) is 9.83. The maximum absolute atomic E-state index is 10.9. The summed E-state index contributed by atoms with van der Waals surface area (Å²) in [6.45, 7) is 0. The number of rotatable bonds is 4. The zero-order valence-corrected chi connectivity index (χ0v) is 8.13. The van der Waals surface area contributed by atoms with Crippen molar-refractivity contribution in [2.75, 3.05) is 0 Å². The van der Waals surface area contributed by atoms with Crippen LogP contribution in [0.15, 0.2) is 30.3 Å². The SMILES string of the molecule is O=C[C@@]1(Cc2ccccc2)C[C@H]1[N+](=O)[O-]. The third-order valence-electron chi connectivity index (χ3n) is 2.94. The molecular weight excluding hydrogens is 194 g/mol. The monoisotopic (exact) mass is 205 g/mol. The average Bonchev–Trinajstić information content (AvgIpc) is 2.95. The predicted octanol–water partition coefficient (Wildman–Crippen LogP) is 1.46. The number of nitro groups is 1. The van der Waals surface area contributed by atoms with Crippen molar-refractivity contribution in [1.82, 2.24) is 0 Å². The highest BCUT2D eigenvalue weighted by Gasteiger charge is 2.63. The fourth-order valence-corrected chi connectivity index (χ4v) is 1.92. The van der Waals surface area contributed by atoms with Gasteiger partial charge in [-0.15, -0.1) is 0 Å². The second-order valence-electron chi connectivity index (χ2n) is 4.02. The van der Waals surface area contributed by atoms with Gasteiger partial charge in [0.1, 0.15) is 11.7 Å². The number of hydrogen-bond acceptors (Lipinski definition) is 3. The van der Waals surface area contributed by atoms with Gasteiger partial charge in [0, 0.05) is 11.3 Å². The minimum absolute atomic E-state index is 0.350. The molecule has 1 aliphatic carbocycles. The highest BCUT2D eigenvalue weighted by atomic mass is 16.6.